The Labute approximate surface area is 114 Å². The molecule has 0 heterocycles. The van der Waals surface area contributed by atoms with Gasteiger partial charge in [-0.1, -0.05) is 31.5 Å². The number of urea groups is 1. The van der Waals surface area contributed by atoms with Crippen molar-refractivity contribution in [2.45, 2.75) is 33.1 Å². The summed E-state index contributed by atoms with van der Waals surface area (Å²) in [4.78, 5) is 11.8. The predicted octanol–water partition coefficient (Wildman–Crippen LogP) is 2.61. The number of hydrogen-bond donors (Lipinski definition) is 4. The number of anilines is 1. The van der Waals surface area contributed by atoms with Crippen LogP contribution in [0.2, 0.25) is 0 Å². The summed E-state index contributed by atoms with van der Waals surface area (Å²) < 4.78 is 0. The molecule has 0 saturated carbocycles. The van der Waals surface area contributed by atoms with Gasteiger partial charge in [0.1, 0.15) is 0 Å². The van der Waals surface area contributed by atoms with Crippen molar-refractivity contribution in [3.05, 3.63) is 29.3 Å². The van der Waals surface area contributed by atoms with Gasteiger partial charge < -0.3 is 10.6 Å². The Bertz CT molecular complexity index is 457. The van der Waals surface area contributed by atoms with E-state index in [9.17, 15) is 4.79 Å². The van der Waals surface area contributed by atoms with Gasteiger partial charge in [0.15, 0.2) is 5.96 Å². The summed E-state index contributed by atoms with van der Waals surface area (Å²) in [6.07, 6.45) is 3.15. The Morgan fingerprint density at radius 3 is 2.74 bits per heavy atom. The summed E-state index contributed by atoms with van der Waals surface area (Å²) in [5.41, 5.74) is 3.00. The zero-order chi connectivity index (χ0) is 14.3. The zero-order valence-corrected chi connectivity index (χ0v) is 11.8. The first-order chi connectivity index (χ1) is 9.08. The summed E-state index contributed by atoms with van der Waals surface area (Å²) in [5, 5.41) is 15.2. The molecule has 4 N–H and O–H groups in total. The van der Waals surface area contributed by atoms with E-state index in [-0.39, 0.29) is 5.96 Å². The molecule has 104 valence electrons. The molecule has 2 amide bonds. The summed E-state index contributed by atoms with van der Waals surface area (Å²) in [5.74, 6) is -0.0267. The topological polar surface area (TPSA) is 77.0 Å². The van der Waals surface area contributed by atoms with E-state index in [1.807, 2.05) is 25.1 Å². The molecule has 0 spiro atoms. The average molecular weight is 262 g/mol. The van der Waals surface area contributed by atoms with Crippen LogP contribution in [0.25, 0.3) is 0 Å². The van der Waals surface area contributed by atoms with Gasteiger partial charge in [0, 0.05) is 12.7 Å². The molecular formula is C14H22N4O. The second-order valence-corrected chi connectivity index (χ2v) is 4.42. The molecule has 0 aliphatic carbocycles. The van der Waals surface area contributed by atoms with Gasteiger partial charge in [-0.3, -0.25) is 10.7 Å². The van der Waals surface area contributed by atoms with Crippen LogP contribution in [-0.4, -0.2) is 19.0 Å². The van der Waals surface area contributed by atoms with Gasteiger partial charge in [0.2, 0.25) is 0 Å². The fourth-order valence-corrected chi connectivity index (χ4v) is 1.80. The number of hydrogen-bond acceptors (Lipinski definition) is 2. The van der Waals surface area contributed by atoms with Crippen LogP contribution in [0, 0.1) is 12.3 Å². The Hall–Kier alpha value is -2.04. The molecule has 0 fully saturated rings. The van der Waals surface area contributed by atoms with Gasteiger partial charge in [-0.15, -0.1) is 0 Å². The van der Waals surface area contributed by atoms with Crippen LogP contribution in [0.1, 0.15) is 30.9 Å². The fraction of sp³-hybridized carbons (Fsp3) is 0.429. The van der Waals surface area contributed by atoms with Crippen molar-refractivity contribution in [1.29, 1.82) is 5.41 Å². The molecule has 0 saturated heterocycles. The lowest BCUT2D eigenvalue weighted by Gasteiger charge is -2.14. The molecular weight excluding hydrogens is 240 g/mol. The van der Waals surface area contributed by atoms with E-state index < -0.39 is 6.03 Å². The summed E-state index contributed by atoms with van der Waals surface area (Å²) in [6, 6.07) is 5.60. The van der Waals surface area contributed by atoms with Gasteiger partial charge in [-0.2, -0.15) is 0 Å². The third kappa shape index (κ3) is 4.62. The molecule has 0 aliphatic rings. The number of guanidine groups is 1. The first-order valence-corrected chi connectivity index (χ1v) is 6.51. The van der Waals surface area contributed by atoms with Gasteiger partial charge in [-0.25, -0.2) is 4.79 Å². The van der Waals surface area contributed by atoms with Gasteiger partial charge in [0.25, 0.3) is 0 Å². The number of rotatable bonds is 4. The van der Waals surface area contributed by atoms with Crippen LogP contribution in [0.15, 0.2) is 18.2 Å². The van der Waals surface area contributed by atoms with Gasteiger partial charge >= 0.3 is 6.03 Å². The van der Waals surface area contributed by atoms with Crippen molar-refractivity contribution >= 4 is 17.7 Å². The SMILES string of the molecule is CCCCc1cccc(C)c1NC(=O)NC(=N)NC. The molecule has 19 heavy (non-hydrogen) atoms. The van der Waals surface area contributed by atoms with E-state index >= 15 is 0 Å². The van der Waals surface area contributed by atoms with Crippen LogP contribution >= 0.6 is 0 Å². The van der Waals surface area contributed by atoms with Crippen LogP contribution in [-0.2, 0) is 6.42 Å². The van der Waals surface area contributed by atoms with Crippen molar-refractivity contribution in [2.75, 3.05) is 12.4 Å². The highest BCUT2D eigenvalue weighted by Gasteiger charge is 2.09. The predicted molar refractivity (Wildman–Crippen MR) is 78.7 cm³/mol. The van der Waals surface area contributed by atoms with E-state index in [1.54, 1.807) is 7.05 Å². The van der Waals surface area contributed by atoms with Crippen LogP contribution < -0.4 is 16.0 Å². The maximum atomic E-state index is 11.8. The first-order valence-electron chi connectivity index (χ1n) is 6.51. The fourth-order valence-electron chi connectivity index (χ4n) is 1.80. The van der Waals surface area contributed by atoms with Crippen molar-refractivity contribution in [3.63, 3.8) is 0 Å². The maximum absolute atomic E-state index is 11.8. The van der Waals surface area contributed by atoms with Crippen molar-refractivity contribution in [1.82, 2.24) is 10.6 Å². The van der Waals surface area contributed by atoms with Crippen LogP contribution in [0.5, 0.6) is 0 Å². The van der Waals surface area contributed by atoms with E-state index in [0.717, 1.165) is 36.1 Å². The molecule has 1 aromatic rings. The van der Waals surface area contributed by atoms with E-state index in [0.29, 0.717) is 0 Å². The minimum atomic E-state index is -0.397. The first kappa shape index (κ1) is 15.0. The highest BCUT2D eigenvalue weighted by molar-refractivity contribution is 6.01. The largest absolute Gasteiger partial charge is 0.359 e. The monoisotopic (exact) mass is 262 g/mol. The normalized spacial score (nSPS) is 9.84. The number of carbonyl (C=O) groups excluding carboxylic acids is 1. The lowest BCUT2D eigenvalue weighted by Crippen LogP contribution is -2.40. The number of amides is 2. The highest BCUT2D eigenvalue weighted by Crippen LogP contribution is 2.22. The number of unbranched alkanes of at least 4 members (excludes halogenated alkanes) is 1. The maximum Gasteiger partial charge on any atom is 0.326 e. The molecule has 0 aromatic heterocycles. The van der Waals surface area contributed by atoms with Crippen LogP contribution in [0.4, 0.5) is 10.5 Å². The summed E-state index contributed by atoms with van der Waals surface area (Å²) >= 11 is 0. The molecule has 5 nitrogen and oxygen atoms in total. The molecule has 0 radical (unpaired) electrons. The number of benzene rings is 1. The third-order valence-electron chi connectivity index (χ3n) is 2.89. The molecule has 5 heteroatoms. The standard InChI is InChI=1S/C14H22N4O/c1-4-5-8-11-9-6-7-10(2)12(11)17-14(19)18-13(15)16-3/h6-7,9H,4-5,8H2,1-3H3,(H4,15,16,17,18,19). The van der Waals surface area contributed by atoms with Gasteiger partial charge in [-0.05, 0) is 30.9 Å². The smallest absolute Gasteiger partial charge is 0.326 e. The number of nitrogens with one attached hydrogen (secondary N) is 4. The van der Waals surface area contributed by atoms with E-state index in [4.69, 9.17) is 5.41 Å². The van der Waals surface area contributed by atoms with Crippen molar-refractivity contribution in [2.24, 2.45) is 0 Å². The summed E-state index contributed by atoms with van der Waals surface area (Å²) in [6.45, 7) is 4.11. The zero-order valence-electron chi connectivity index (χ0n) is 11.8. The molecule has 1 rings (SSSR count). The Balaban J connectivity index is 2.80. The van der Waals surface area contributed by atoms with Crippen molar-refractivity contribution in [3.8, 4) is 0 Å². The quantitative estimate of drug-likeness (QED) is 0.497. The Morgan fingerprint density at radius 1 is 1.37 bits per heavy atom. The molecule has 0 bridgehead atoms. The van der Waals surface area contributed by atoms with E-state index in [2.05, 4.69) is 22.9 Å². The Morgan fingerprint density at radius 2 is 2.11 bits per heavy atom. The second-order valence-electron chi connectivity index (χ2n) is 4.42. The summed E-state index contributed by atoms with van der Waals surface area (Å²) in [7, 11) is 1.59. The van der Waals surface area contributed by atoms with Crippen LogP contribution in [0.3, 0.4) is 0 Å². The highest BCUT2D eigenvalue weighted by atomic mass is 16.2. The minimum absolute atomic E-state index is 0.0267. The number of para-hydroxylation sites is 1. The molecule has 0 unspecified atom stereocenters. The Kier molecular flexibility index (Phi) is 5.85. The average Bonchev–Trinajstić information content (AvgIpc) is 2.39. The number of carbonyl (C=O) groups is 1. The minimum Gasteiger partial charge on any atom is -0.359 e. The van der Waals surface area contributed by atoms with Gasteiger partial charge in [0.05, 0.1) is 0 Å². The third-order valence-corrected chi connectivity index (χ3v) is 2.89. The van der Waals surface area contributed by atoms with Crippen molar-refractivity contribution < 1.29 is 4.79 Å². The van der Waals surface area contributed by atoms with E-state index in [1.165, 1.54) is 0 Å². The molecule has 0 atom stereocenters. The lowest BCUT2D eigenvalue weighted by atomic mass is 10.0. The number of aryl methyl sites for hydroxylation is 2. The second kappa shape index (κ2) is 7.41. The molecule has 0 aliphatic heterocycles. The lowest BCUT2D eigenvalue weighted by molar-refractivity contribution is 0.256. The molecule has 1 aromatic carbocycles.